The van der Waals surface area contributed by atoms with Crippen molar-refractivity contribution >= 4 is 39.9 Å². The van der Waals surface area contributed by atoms with Crippen LogP contribution in [0.1, 0.15) is 41.6 Å². The molecule has 22 heavy (non-hydrogen) atoms. The highest BCUT2D eigenvalue weighted by Crippen LogP contribution is 2.28. The lowest BCUT2D eigenvalue weighted by Crippen LogP contribution is -2.36. The summed E-state index contributed by atoms with van der Waals surface area (Å²) >= 11 is 1.72. The standard InChI is InChI=1S/C16H20N2O2S.BrH/c1-20-15(19)12-6-4-5-11(9-12)10-21-16-17-13-7-2-3-8-14(13)18-16;/h4-6,9,13-14H,2-3,7-8,10H2,1H3,(H,17,18);1H. The van der Waals surface area contributed by atoms with E-state index in [-0.39, 0.29) is 23.0 Å². The van der Waals surface area contributed by atoms with Crippen molar-refractivity contribution in [1.82, 2.24) is 5.32 Å². The van der Waals surface area contributed by atoms with E-state index in [1.165, 1.54) is 32.8 Å². The fourth-order valence-corrected chi connectivity index (χ4v) is 3.84. The first-order valence-corrected chi connectivity index (χ1v) is 8.39. The quantitative estimate of drug-likeness (QED) is 0.809. The summed E-state index contributed by atoms with van der Waals surface area (Å²) in [4.78, 5) is 16.3. The molecule has 1 aromatic rings. The molecular formula is C16H21BrN2O2S. The van der Waals surface area contributed by atoms with Crippen LogP contribution in [0.15, 0.2) is 29.3 Å². The van der Waals surface area contributed by atoms with Crippen molar-refractivity contribution in [2.45, 2.75) is 43.5 Å². The first-order valence-electron chi connectivity index (χ1n) is 7.40. The van der Waals surface area contributed by atoms with Crippen LogP contribution in [0.2, 0.25) is 0 Å². The molecule has 1 saturated carbocycles. The summed E-state index contributed by atoms with van der Waals surface area (Å²) in [6, 6.07) is 8.61. The van der Waals surface area contributed by atoms with Crippen molar-refractivity contribution in [2.24, 2.45) is 4.99 Å². The average Bonchev–Trinajstić information content (AvgIpc) is 2.95. The van der Waals surface area contributed by atoms with E-state index in [9.17, 15) is 4.79 Å². The summed E-state index contributed by atoms with van der Waals surface area (Å²) < 4.78 is 4.75. The number of thioether (sulfide) groups is 1. The van der Waals surface area contributed by atoms with E-state index in [1.807, 2.05) is 18.2 Å². The summed E-state index contributed by atoms with van der Waals surface area (Å²) in [6.07, 6.45) is 5.05. The Bertz CT molecular complexity index is 565. The van der Waals surface area contributed by atoms with Gasteiger partial charge in [-0.3, -0.25) is 4.99 Å². The van der Waals surface area contributed by atoms with Gasteiger partial charge < -0.3 is 10.1 Å². The number of carbonyl (C=O) groups excluding carboxylic acids is 1. The van der Waals surface area contributed by atoms with E-state index in [1.54, 1.807) is 17.8 Å². The lowest BCUT2D eigenvalue weighted by Gasteiger charge is -2.23. The minimum Gasteiger partial charge on any atom is -0.465 e. The van der Waals surface area contributed by atoms with Gasteiger partial charge in [-0.15, -0.1) is 17.0 Å². The number of rotatable bonds is 3. The number of halogens is 1. The first kappa shape index (κ1) is 17.3. The van der Waals surface area contributed by atoms with Gasteiger partial charge in [0.1, 0.15) is 0 Å². The van der Waals surface area contributed by atoms with E-state index in [0.29, 0.717) is 17.6 Å². The highest BCUT2D eigenvalue weighted by molar-refractivity contribution is 8.93. The maximum Gasteiger partial charge on any atom is 0.337 e. The largest absolute Gasteiger partial charge is 0.465 e. The van der Waals surface area contributed by atoms with E-state index in [2.05, 4.69) is 5.32 Å². The summed E-state index contributed by atoms with van der Waals surface area (Å²) in [5.41, 5.74) is 1.72. The number of methoxy groups -OCH3 is 1. The van der Waals surface area contributed by atoms with Gasteiger partial charge >= 0.3 is 5.97 Å². The van der Waals surface area contributed by atoms with Gasteiger partial charge in [0.05, 0.1) is 24.8 Å². The van der Waals surface area contributed by atoms with Crippen molar-refractivity contribution in [1.29, 1.82) is 0 Å². The molecule has 0 radical (unpaired) electrons. The van der Waals surface area contributed by atoms with Gasteiger partial charge in [0, 0.05) is 5.75 Å². The molecule has 1 heterocycles. The Morgan fingerprint density at radius 1 is 1.41 bits per heavy atom. The predicted octanol–water partition coefficient (Wildman–Crippen LogP) is 3.55. The molecule has 1 aliphatic carbocycles. The first-order chi connectivity index (χ1) is 10.3. The number of ether oxygens (including phenoxy) is 1. The molecule has 3 rings (SSSR count). The lowest BCUT2D eigenvalue weighted by molar-refractivity contribution is 0.0600. The molecule has 0 spiro atoms. The zero-order chi connectivity index (χ0) is 14.7. The van der Waals surface area contributed by atoms with Gasteiger partial charge in [-0.25, -0.2) is 4.79 Å². The van der Waals surface area contributed by atoms with Crippen molar-refractivity contribution < 1.29 is 9.53 Å². The average molecular weight is 385 g/mol. The number of fused-ring (bicyclic) bond motifs is 1. The predicted molar refractivity (Wildman–Crippen MR) is 96.0 cm³/mol. The number of esters is 1. The Morgan fingerprint density at radius 2 is 2.23 bits per heavy atom. The summed E-state index contributed by atoms with van der Waals surface area (Å²) in [6.45, 7) is 0. The summed E-state index contributed by atoms with van der Waals surface area (Å²) in [5, 5.41) is 4.58. The SMILES string of the molecule is Br.COC(=O)c1cccc(CSC2=NC3CCCCC3N2)c1. The summed E-state index contributed by atoms with van der Waals surface area (Å²) in [5.74, 6) is 0.528. The van der Waals surface area contributed by atoms with E-state index >= 15 is 0 Å². The van der Waals surface area contributed by atoms with Crippen molar-refractivity contribution in [3.63, 3.8) is 0 Å². The van der Waals surface area contributed by atoms with Crippen LogP contribution in [-0.2, 0) is 10.5 Å². The Morgan fingerprint density at radius 3 is 3.00 bits per heavy atom. The van der Waals surface area contributed by atoms with Gasteiger partial charge in [0.2, 0.25) is 0 Å². The minimum absolute atomic E-state index is 0. The Kier molecular flexibility index (Phi) is 6.32. The molecule has 6 heteroatoms. The lowest BCUT2D eigenvalue weighted by atomic mass is 9.92. The molecule has 1 aliphatic heterocycles. The molecular weight excluding hydrogens is 364 g/mol. The van der Waals surface area contributed by atoms with Gasteiger partial charge in [-0.2, -0.15) is 0 Å². The highest BCUT2D eigenvalue weighted by atomic mass is 79.9. The van der Waals surface area contributed by atoms with Crippen LogP contribution in [0.25, 0.3) is 0 Å². The van der Waals surface area contributed by atoms with Crippen LogP contribution in [0, 0.1) is 0 Å². The number of hydrogen-bond acceptors (Lipinski definition) is 5. The topological polar surface area (TPSA) is 50.7 Å². The van der Waals surface area contributed by atoms with Crippen LogP contribution >= 0.6 is 28.7 Å². The van der Waals surface area contributed by atoms with Crippen molar-refractivity contribution in [2.75, 3.05) is 7.11 Å². The van der Waals surface area contributed by atoms with Crippen LogP contribution in [0.4, 0.5) is 0 Å². The number of aliphatic imine (C=N–C) groups is 1. The molecule has 1 N–H and O–H groups in total. The van der Waals surface area contributed by atoms with Crippen molar-refractivity contribution in [3.05, 3.63) is 35.4 Å². The second-order valence-electron chi connectivity index (χ2n) is 5.52. The van der Waals surface area contributed by atoms with Gasteiger partial charge in [-0.05, 0) is 30.5 Å². The molecule has 1 fully saturated rings. The zero-order valence-electron chi connectivity index (χ0n) is 12.6. The Balaban J connectivity index is 0.00000176. The van der Waals surface area contributed by atoms with Crippen LogP contribution in [-0.4, -0.2) is 30.3 Å². The number of amidine groups is 1. The molecule has 0 aromatic heterocycles. The third-order valence-electron chi connectivity index (χ3n) is 4.05. The molecule has 0 bridgehead atoms. The monoisotopic (exact) mass is 384 g/mol. The third kappa shape index (κ3) is 4.04. The number of nitrogens with one attached hydrogen (secondary N) is 1. The molecule has 120 valence electrons. The third-order valence-corrected chi connectivity index (χ3v) is 5.02. The second-order valence-corrected chi connectivity index (χ2v) is 6.48. The zero-order valence-corrected chi connectivity index (χ0v) is 15.1. The molecule has 0 amide bonds. The van der Waals surface area contributed by atoms with Gasteiger partial charge in [-0.1, -0.05) is 36.7 Å². The molecule has 0 saturated heterocycles. The van der Waals surface area contributed by atoms with Crippen LogP contribution < -0.4 is 5.32 Å². The second kappa shape index (κ2) is 8.02. The molecule has 2 atom stereocenters. The fourth-order valence-electron chi connectivity index (χ4n) is 2.92. The van der Waals surface area contributed by atoms with E-state index in [0.717, 1.165) is 16.5 Å². The van der Waals surface area contributed by atoms with Crippen LogP contribution in [0.3, 0.4) is 0 Å². The number of benzene rings is 1. The normalized spacial score (nSPS) is 22.9. The number of hydrogen-bond donors (Lipinski definition) is 1. The number of carbonyl (C=O) groups is 1. The minimum atomic E-state index is -0.288. The Labute approximate surface area is 145 Å². The molecule has 2 aliphatic rings. The maximum atomic E-state index is 11.5. The molecule has 1 aromatic carbocycles. The van der Waals surface area contributed by atoms with Gasteiger partial charge in [0.25, 0.3) is 0 Å². The highest BCUT2D eigenvalue weighted by Gasteiger charge is 2.30. The van der Waals surface area contributed by atoms with E-state index in [4.69, 9.17) is 9.73 Å². The maximum absolute atomic E-state index is 11.5. The van der Waals surface area contributed by atoms with Gasteiger partial charge in [0.15, 0.2) is 5.17 Å². The van der Waals surface area contributed by atoms with Crippen LogP contribution in [0.5, 0.6) is 0 Å². The smallest absolute Gasteiger partial charge is 0.337 e. The molecule has 4 nitrogen and oxygen atoms in total. The Hall–Kier alpha value is -1.01. The number of nitrogens with zero attached hydrogens (tertiary/aromatic N) is 1. The molecule has 2 unspecified atom stereocenters. The summed E-state index contributed by atoms with van der Waals surface area (Å²) in [7, 11) is 1.41. The fraction of sp³-hybridized carbons (Fsp3) is 0.500. The van der Waals surface area contributed by atoms with Crippen molar-refractivity contribution in [3.8, 4) is 0 Å². The van der Waals surface area contributed by atoms with E-state index < -0.39 is 0 Å².